The molecule has 0 fully saturated rings. The number of thiophene rings is 1. The number of nitrogens with zero attached hydrogens (tertiary/aromatic N) is 3. The second-order valence-corrected chi connectivity index (χ2v) is 11.6. The van der Waals surface area contributed by atoms with Crippen molar-refractivity contribution in [2.24, 2.45) is 5.92 Å². The molecule has 0 radical (unpaired) electrons. The first-order valence-corrected chi connectivity index (χ1v) is 14.5. The van der Waals surface area contributed by atoms with Crippen molar-refractivity contribution in [2.45, 2.75) is 39.3 Å². The molecule has 5 N–H and O–H groups in total. The SMILES string of the molecule is CC(C)CC[C@@H](CO)NC(=O)c1c(-c2ccsc2)nc2c(C(=O)NCc3ccc4nc(N)sc4c3)cccn12. The number of amides is 2. The van der Waals surface area contributed by atoms with E-state index in [9.17, 15) is 14.7 Å². The van der Waals surface area contributed by atoms with Crippen LogP contribution in [0.1, 0.15) is 53.1 Å². The number of nitrogens with one attached hydrogen (secondary N) is 2. The Morgan fingerprint density at radius 3 is 2.72 bits per heavy atom. The lowest BCUT2D eigenvalue weighted by molar-refractivity contribution is 0.0903. The Hall–Kier alpha value is -3.80. The molecule has 0 unspecified atom stereocenters. The summed E-state index contributed by atoms with van der Waals surface area (Å²) in [6.45, 7) is 4.37. The van der Waals surface area contributed by atoms with Gasteiger partial charge in [-0.25, -0.2) is 9.97 Å². The number of pyridine rings is 1. The first-order chi connectivity index (χ1) is 18.8. The number of benzene rings is 1. The van der Waals surface area contributed by atoms with Crippen molar-refractivity contribution in [3.8, 4) is 11.3 Å². The maximum absolute atomic E-state index is 13.6. The lowest BCUT2D eigenvalue weighted by atomic mass is 10.0. The van der Waals surface area contributed by atoms with Crippen molar-refractivity contribution < 1.29 is 14.7 Å². The van der Waals surface area contributed by atoms with Gasteiger partial charge in [-0.05, 0) is 60.0 Å². The predicted octanol–water partition coefficient (Wildman–Crippen LogP) is 4.71. The molecule has 0 bridgehead atoms. The van der Waals surface area contributed by atoms with Gasteiger partial charge >= 0.3 is 0 Å². The fraction of sp³-hybridized carbons (Fsp3) is 0.286. The maximum atomic E-state index is 13.6. The Balaban J connectivity index is 1.44. The maximum Gasteiger partial charge on any atom is 0.270 e. The molecule has 0 saturated carbocycles. The molecule has 1 atom stereocenters. The van der Waals surface area contributed by atoms with E-state index in [0.717, 1.165) is 27.8 Å². The number of carbonyl (C=O) groups is 2. The number of rotatable bonds is 10. The molecule has 0 aliphatic carbocycles. The fourth-order valence-electron chi connectivity index (χ4n) is 4.43. The van der Waals surface area contributed by atoms with Crippen LogP contribution in [0.15, 0.2) is 53.4 Å². The van der Waals surface area contributed by atoms with Crippen LogP contribution in [0.4, 0.5) is 5.13 Å². The fourth-order valence-corrected chi connectivity index (χ4v) is 5.87. The number of fused-ring (bicyclic) bond motifs is 2. The van der Waals surface area contributed by atoms with Crippen LogP contribution < -0.4 is 16.4 Å². The minimum Gasteiger partial charge on any atom is -0.394 e. The van der Waals surface area contributed by atoms with Crippen molar-refractivity contribution in [2.75, 3.05) is 12.3 Å². The van der Waals surface area contributed by atoms with Crippen molar-refractivity contribution in [1.82, 2.24) is 25.0 Å². The van der Waals surface area contributed by atoms with Gasteiger partial charge in [0.05, 0.1) is 28.4 Å². The molecule has 4 heterocycles. The van der Waals surface area contributed by atoms with E-state index in [1.54, 1.807) is 22.7 Å². The average Bonchev–Trinajstić information content (AvgIpc) is 3.66. The molecule has 0 spiro atoms. The van der Waals surface area contributed by atoms with Gasteiger partial charge in [0.1, 0.15) is 11.4 Å². The molecule has 11 heteroatoms. The van der Waals surface area contributed by atoms with E-state index in [2.05, 4.69) is 29.5 Å². The van der Waals surface area contributed by atoms with Crippen LogP contribution in [0.5, 0.6) is 0 Å². The molecule has 202 valence electrons. The van der Waals surface area contributed by atoms with Gasteiger partial charge in [-0.15, -0.1) is 0 Å². The number of aliphatic hydroxyl groups excluding tert-OH is 1. The highest BCUT2D eigenvalue weighted by atomic mass is 32.1. The van der Waals surface area contributed by atoms with Crippen LogP contribution in [0, 0.1) is 5.92 Å². The molecular weight excluding hydrogens is 532 g/mol. The second-order valence-electron chi connectivity index (χ2n) is 9.80. The van der Waals surface area contributed by atoms with E-state index >= 15 is 0 Å². The zero-order valence-electron chi connectivity index (χ0n) is 21.7. The number of thiazole rings is 1. The third-order valence-electron chi connectivity index (χ3n) is 6.47. The molecule has 4 aromatic heterocycles. The van der Waals surface area contributed by atoms with Crippen LogP contribution in [0.2, 0.25) is 0 Å². The summed E-state index contributed by atoms with van der Waals surface area (Å²) in [6, 6.07) is 10.7. The zero-order chi connectivity index (χ0) is 27.5. The van der Waals surface area contributed by atoms with Crippen molar-refractivity contribution in [1.29, 1.82) is 0 Å². The van der Waals surface area contributed by atoms with Crippen molar-refractivity contribution >= 4 is 55.5 Å². The van der Waals surface area contributed by atoms with E-state index in [0.29, 0.717) is 46.6 Å². The number of anilines is 1. The van der Waals surface area contributed by atoms with Gasteiger partial charge in [-0.1, -0.05) is 31.3 Å². The molecule has 5 aromatic rings. The summed E-state index contributed by atoms with van der Waals surface area (Å²) >= 11 is 2.90. The number of carbonyl (C=O) groups excluding carboxylic acids is 2. The summed E-state index contributed by atoms with van der Waals surface area (Å²) in [6.07, 6.45) is 3.27. The topological polar surface area (TPSA) is 135 Å². The molecule has 0 aliphatic rings. The number of aromatic nitrogens is 3. The standard InChI is InChI=1S/C28H30N6O3S2/c1-16(2)5-7-19(14-35)31-27(37)24-23(18-9-11-38-15-18)33-25-20(4-3-10-34(24)25)26(36)30-13-17-6-8-21-22(12-17)39-28(29)32-21/h3-4,6,8-12,15-16,19,35H,5,7,13-14H2,1-2H3,(H2,29,32)(H,30,36)(H,31,37)/t19-/m0/s1. The van der Waals surface area contributed by atoms with E-state index in [1.807, 2.05) is 35.0 Å². The van der Waals surface area contributed by atoms with Crippen molar-refractivity contribution in [3.05, 3.63) is 70.2 Å². The highest BCUT2D eigenvalue weighted by molar-refractivity contribution is 7.22. The summed E-state index contributed by atoms with van der Waals surface area (Å²) in [5.41, 5.74) is 9.91. The van der Waals surface area contributed by atoms with E-state index in [1.165, 1.54) is 22.7 Å². The molecular formula is C28H30N6O3S2. The number of nitrogens with two attached hydrogens (primary N) is 1. The lowest BCUT2D eigenvalue weighted by Gasteiger charge is -2.17. The van der Waals surface area contributed by atoms with Gasteiger partial charge < -0.3 is 21.5 Å². The number of hydrogen-bond donors (Lipinski definition) is 4. The molecule has 5 rings (SSSR count). The highest BCUT2D eigenvalue weighted by Gasteiger charge is 2.25. The third kappa shape index (κ3) is 5.80. The number of imidazole rings is 1. The average molecular weight is 563 g/mol. The van der Waals surface area contributed by atoms with Gasteiger partial charge in [0, 0.05) is 23.7 Å². The monoisotopic (exact) mass is 562 g/mol. The molecule has 39 heavy (non-hydrogen) atoms. The van der Waals surface area contributed by atoms with Crippen LogP contribution in [0.25, 0.3) is 27.1 Å². The van der Waals surface area contributed by atoms with Gasteiger partial charge in [0.25, 0.3) is 11.8 Å². The quantitative estimate of drug-likeness (QED) is 0.195. The smallest absolute Gasteiger partial charge is 0.270 e. The Labute approximate surface area is 233 Å². The Bertz CT molecular complexity index is 1620. The molecule has 9 nitrogen and oxygen atoms in total. The summed E-state index contributed by atoms with van der Waals surface area (Å²) in [5, 5.41) is 20.2. The van der Waals surface area contributed by atoms with Gasteiger partial charge in [-0.3, -0.25) is 14.0 Å². The van der Waals surface area contributed by atoms with Crippen molar-refractivity contribution in [3.63, 3.8) is 0 Å². The summed E-state index contributed by atoms with van der Waals surface area (Å²) < 4.78 is 2.61. The van der Waals surface area contributed by atoms with Crippen LogP contribution in [-0.2, 0) is 6.54 Å². The summed E-state index contributed by atoms with van der Waals surface area (Å²) in [5.74, 6) is -0.194. The summed E-state index contributed by atoms with van der Waals surface area (Å²) in [7, 11) is 0. The minimum absolute atomic E-state index is 0.156. The predicted molar refractivity (Wildman–Crippen MR) is 156 cm³/mol. The van der Waals surface area contributed by atoms with E-state index < -0.39 is 0 Å². The van der Waals surface area contributed by atoms with Crippen LogP contribution >= 0.6 is 22.7 Å². The van der Waals surface area contributed by atoms with Gasteiger partial charge in [0.2, 0.25) is 0 Å². The number of hydrogen-bond acceptors (Lipinski definition) is 8. The summed E-state index contributed by atoms with van der Waals surface area (Å²) in [4.78, 5) is 35.9. The first-order valence-electron chi connectivity index (χ1n) is 12.7. The normalized spacial score (nSPS) is 12.3. The second kappa shape index (κ2) is 11.5. The van der Waals surface area contributed by atoms with Gasteiger partial charge in [-0.2, -0.15) is 11.3 Å². The number of nitrogen functional groups attached to an aromatic ring is 1. The minimum atomic E-state index is -0.376. The lowest BCUT2D eigenvalue weighted by Crippen LogP contribution is -2.38. The van der Waals surface area contributed by atoms with Gasteiger partial charge in [0.15, 0.2) is 10.8 Å². The molecule has 0 saturated heterocycles. The van der Waals surface area contributed by atoms with Crippen LogP contribution in [-0.4, -0.2) is 43.9 Å². The van der Waals surface area contributed by atoms with Crippen LogP contribution in [0.3, 0.4) is 0 Å². The zero-order valence-corrected chi connectivity index (χ0v) is 23.3. The largest absolute Gasteiger partial charge is 0.394 e. The third-order valence-corrected chi connectivity index (χ3v) is 8.01. The Morgan fingerprint density at radius 1 is 1.13 bits per heavy atom. The molecule has 2 amide bonds. The first kappa shape index (κ1) is 26.8. The Morgan fingerprint density at radius 2 is 1.97 bits per heavy atom. The highest BCUT2D eigenvalue weighted by Crippen LogP contribution is 2.28. The Kier molecular flexibility index (Phi) is 7.92. The number of aliphatic hydroxyl groups is 1. The molecule has 0 aliphatic heterocycles. The molecule has 1 aromatic carbocycles. The van der Waals surface area contributed by atoms with E-state index in [4.69, 9.17) is 10.7 Å². The van der Waals surface area contributed by atoms with E-state index in [-0.39, 0.29) is 24.5 Å².